The van der Waals surface area contributed by atoms with Crippen LogP contribution in [0.3, 0.4) is 0 Å². The summed E-state index contributed by atoms with van der Waals surface area (Å²) in [5.74, 6) is -0.224. The Morgan fingerprint density at radius 3 is 2.68 bits per heavy atom. The van der Waals surface area contributed by atoms with Crippen LogP contribution in [-0.4, -0.2) is 42.2 Å². The smallest absolute Gasteiger partial charge is 0.276 e. The monoisotopic (exact) mass is 372 g/mol. The Bertz CT molecular complexity index is 1160. The number of fused-ring (bicyclic) bond motifs is 3. The van der Waals surface area contributed by atoms with E-state index in [2.05, 4.69) is 20.2 Å². The second-order valence-corrected chi connectivity index (χ2v) is 6.82. The van der Waals surface area contributed by atoms with Gasteiger partial charge in [-0.05, 0) is 24.3 Å². The fourth-order valence-corrected chi connectivity index (χ4v) is 3.79. The van der Waals surface area contributed by atoms with E-state index in [1.54, 1.807) is 6.20 Å². The molecular weight excluding hydrogens is 352 g/mol. The number of amides is 1. The van der Waals surface area contributed by atoms with Crippen molar-refractivity contribution in [2.75, 3.05) is 36.5 Å². The number of hydrogen-bond acceptors (Lipinski definition) is 4. The summed E-state index contributed by atoms with van der Waals surface area (Å²) in [4.78, 5) is 23.0. The lowest BCUT2D eigenvalue weighted by Crippen LogP contribution is -2.36. The van der Waals surface area contributed by atoms with E-state index in [1.807, 2.05) is 54.6 Å². The molecule has 5 rings (SSSR count). The molecule has 1 amide bonds. The molecule has 1 fully saturated rings. The van der Waals surface area contributed by atoms with Crippen molar-refractivity contribution in [1.82, 2.24) is 9.97 Å². The van der Waals surface area contributed by atoms with Crippen molar-refractivity contribution in [3.05, 3.63) is 66.5 Å². The number of anilines is 2. The maximum absolute atomic E-state index is 13.1. The average Bonchev–Trinajstić information content (AvgIpc) is 3.13. The quantitative estimate of drug-likeness (QED) is 0.574. The molecule has 140 valence electrons. The molecule has 1 aliphatic heterocycles. The summed E-state index contributed by atoms with van der Waals surface area (Å²) < 4.78 is 5.45. The van der Waals surface area contributed by atoms with Crippen molar-refractivity contribution >= 4 is 39.1 Å². The van der Waals surface area contributed by atoms with Gasteiger partial charge in [-0.1, -0.05) is 30.3 Å². The molecule has 28 heavy (non-hydrogen) atoms. The highest BCUT2D eigenvalue weighted by molar-refractivity contribution is 6.17. The minimum Gasteiger partial charge on any atom is -0.378 e. The van der Waals surface area contributed by atoms with Crippen LogP contribution in [0.1, 0.15) is 10.5 Å². The van der Waals surface area contributed by atoms with Gasteiger partial charge in [-0.3, -0.25) is 4.79 Å². The molecule has 2 aromatic heterocycles. The first-order valence-electron chi connectivity index (χ1n) is 9.40. The van der Waals surface area contributed by atoms with Gasteiger partial charge in [0.25, 0.3) is 5.91 Å². The van der Waals surface area contributed by atoms with Crippen LogP contribution in [0, 0.1) is 0 Å². The Hall–Kier alpha value is -3.38. The third kappa shape index (κ3) is 2.88. The molecule has 0 spiro atoms. The van der Waals surface area contributed by atoms with Gasteiger partial charge in [-0.25, -0.2) is 4.98 Å². The lowest BCUT2D eigenvalue weighted by atomic mass is 10.1. The minimum atomic E-state index is -0.224. The van der Waals surface area contributed by atoms with Crippen molar-refractivity contribution in [3.8, 4) is 0 Å². The van der Waals surface area contributed by atoms with Gasteiger partial charge in [0.1, 0.15) is 0 Å². The number of benzene rings is 2. The normalized spacial score (nSPS) is 14.5. The van der Waals surface area contributed by atoms with Gasteiger partial charge >= 0.3 is 0 Å². The highest BCUT2D eigenvalue weighted by atomic mass is 16.5. The van der Waals surface area contributed by atoms with Crippen molar-refractivity contribution in [3.63, 3.8) is 0 Å². The molecule has 6 heteroatoms. The first-order chi connectivity index (χ1) is 13.8. The lowest BCUT2D eigenvalue weighted by Gasteiger charge is -2.30. The fraction of sp³-hybridized carbons (Fsp3) is 0.182. The summed E-state index contributed by atoms with van der Waals surface area (Å²) in [5.41, 5.74) is 3.93. The number of aromatic nitrogens is 2. The number of ether oxygens (including phenoxy) is 1. The van der Waals surface area contributed by atoms with Gasteiger partial charge in [-0.15, -0.1) is 0 Å². The topological polar surface area (TPSA) is 70.2 Å². The summed E-state index contributed by atoms with van der Waals surface area (Å²) in [6.07, 6.45) is 1.69. The first kappa shape index (κ1) is 16.8. The van der Waals surface area contributed by atoms with E-state index < -0.39 is 0 Å². The van der Waals surface area contributed by atoms with Gasteiger partial charge in [-0.2, -0.15) is 0 Å². The molecule has 1 saturated heterocycles. The minimum absolute atomic E-state index is 0.224. The molecule has 0 bridgehead atoms. The predicted octanol–water partition coefficient (Wildman–Crippen LogP) is 3.81. The number of morpholine rings is 1. The number of aromatic amines is 1. The van der Waals surface area contributed by atoms with E-state index in [9.17, 15) is 4.79 Å². The highest BCUT2D eigenvalue weighted by Crippen LogP contribution is 2.29. The van der Waals surface area contributed by atoms with Crippen LogP contribution in [0.2, 0.25) is 0 Å². The van der Waals surface area contributed by atoms with E-state index in [0.29, 0.717) is 18.9 Å². The molecule has 1 aliphatic rings. The Morgan fingerprint density at radius 2 is 1.79 bits per heavy atom. The number of nitrogens with one attached hydrogen (secondary N) is 2. The number of H-pyrrole nitrogens is 1. The Kier molecular flexibility index (Phi) is 4.18. The second-order valence-electron chi connectivity index (χ2n) is 6.82. The van der Waals surface area contributed by atoms with Gasteiger partial charge in [0, 0.05) is 35.6 Å². The van der Waals surface area contributed by atoms with Crippen LogP contribution in [0.4, 0.5) is 11.4 Å². The summed E-state index contributed by atoms with van der Waals surface area (Å²) in [6, 6.07) is 17.8. The van der Waals surface area contributed by atoms with Gasteiger partial charge in [0.15, 0.2) is 5.69 Å². The third-order valence-electron chi connectivity index (χ3n) is 5.15. The summed E-state index contributed by atoms with van der Waals surface area (Å²) in [6.45, 7) is 3.00. The zero-order chi connectivity index (χ0) is 18.9. The second kappa shape index (κ2) is 6.98. The highest BCUT2D eigenvalue weighted by Gasteiger charge is 2.19. The SMILES string of the molecule is O=C(Nc1ccccc1N1CCOCC1)c1nccc2c1[nH]c1ccccc12. The van der Waals surface area contributed by atoms with E-state index in [-0.39, 0.29) is 5.91 Å². The molecule has 0 atom stereocenters. The van der Waals surface area contributed by atoms with Crippen LogP contribution in [0.15, 0.2) is 60.8 Å². The first-order valence-corrected chi connectivity index (χ1v) is 9.40. The largest absolute Gasteiger partial charge is 0.378 e. The number of hydrogen-bond donors (Lipinski definition) is 2. The molecule has 0 aliphatic carbocycles. The Morgan fingerprint density at radius 1 is 1.00 bits per heavy atom. The molecule has 2 aromatic carbocycles. The number of rotatable bonds is 3. The van der Waals surface area contributed by atoms with Crippen LogP contribution in [-0.2, 0) is 4.74 Å². The zero-order valence-electron chi connectivity index (χ0n) is 15.3. The van der Waals surface area contributed by atoms with E-state index in [1.165, 1.54) is 0 Å². The maximum atomic E-state index is 13.1. The van der Waals surface area contributed by atoms with Gasteiger partial charge in [0.05, 0.1) is 30.1 Å². The predicted molar refractivity (Wildman–Crippen MR) is 111 cm³/mol. The molecule has 0 saturated carbocycles. The van der Waals surface area contributed by atoms with E-state index in [4.69, 9.17) is 4.74 Å². The standard InChI is InChI=1S/C22H20N4O2/c27-22(25-18-7-3-4-8-19(18)26-11-13-28-14-12-26)21-20-16(9-10-23-21)15-5-1-2-6-17(15)24-20/h1-10,24H,11-14H2,(H,25,27). The number of para-hydroxylation sites is 3. The molecule has 3 heterocycles. The van der Waals surface area contributed by atoms with Crippen molar-refractivity contribution < 1.29 is 9.53 Å². The van der Waals surface area contributed by atoms with E-state index in [0.717, 1.165) is 46.3 Å². The average molecular weight is 372 g/mol. The van der Waals surface area contributed by atoms with Gasteiger partial charge < -0.3 is 19.9 Å². The lowest BCUT2D eigenvalue weighted by molar-refractivity contribution is 0.102. The Balaban J connectivity index is 1.51. The van der Waals surface area contributed by atoms with E-state index >= 15 is 0 Å². The number of pyridine rings is 1. The molecule has 4 aromatic rings. The van der Waals surface area contributed by atoms with Crippen LogP contribution in [0.25, 0.3) is 21.8 Å². The molecule has 6 nitrogen and oxygen atoms in total. The van der Waals surface area contributed by atoms with Crippen molar-refractivity contribution in [1.29, 1.82) is 0 Å². The summed E-state index contributed by atoms with van der Waals surface area (Å²) in [5, 5.41) is 5.14. The summed E-state index contributed by atoms with van der Waals surface area (Å²) >= 11 is 0. The number of nitrogens with zero attached hydrogens (tertiary/aromatic N) is 2. The fourth-order valence-electron chi connectivity index (χ4n) is 3.79. The number of carbonyl (C=O) groups excluding carboxylic acids is 1. The van der Waals surface area contributed by atoms with Crippen LogP contribution >= 0.6 is 0 Å². The number of carbonyl (C=O) groups is 1. The van der Waals surface area contributed by atoms with Gasteiger partial charge in [0.2, 0.25) is 0 Å². The molecule has 2 N–H and O–H groups in total. The molecule has 0 radical (unpaired) electrons. The van der Waals surface area contributed by atoms with Crippen LogP contribution in [0.5, 0.6) is 0 Å². The molecule has 0 unspecified atom stereocenters. The summed E-state index contributed by atoms with van der Waals surface area (Å²) in [7, 11) is 0. The van der Waals surface area contributed by atoms with Crippen molar-refractivity contribution in [2.24, 2.45) is 0 Å². The molecular formula is C22H20N4O2. The maximum Gasteiger partial charge on any atom is 0.276 e. The van der Waals surface area contributed by atoms with Crippen molar-refractivity contribution in [2.45, 2.75) is 0 Å². The zero-order valence-corrected chi connectivity index (χ0v) is 15.3. The van der Waals surface area contributed by atoms with Crippen LogP contribution < -0.4 is 10.2 Å². The Labute approximate surface area is 162 Å². The third-order valence-corrected chi connectivity index (χ3v) is 5.15.